The minimum Gasteiger partial charge on any atom is -0.497 e. The average molecular weight is 282 g/mol. The van der Waals surface area contributed by atoms with E-state index in [0.29, 0.717) is 11.6 Å². The summed E-state index contributed by atoms with van der Waals surface area (Å²) in [6, 6.07) is 11.1. The Labute approximate surface area is 111 Å². The molecule has 0 aliphatic rings. The van der Waals surface area contributed by atoms with Crippen LogP contribution in [0.15, 0.2) is 48.7 Å². The monoisotopic (exact) mass is 282 g/mol. The van der Waals surface area contributed by atoms with E-state index in [1.54, 1.807) is 12.3 Å². The molecule has 0 saturated heterocycles. The van der Waals surface area contributed by atoms with E-state index in [1.807, 2.05) is 12.1 Å². The predicted molar refractivity (Wildman–Crippen MR) is 73.3 cm³/mol. The molecule has 0 aliphatic carbocycles. The van der Waals surface area contributed by atoms with Gasteiger partial charge in [-0.15, -0.1) is 0 Å². The van der Waals surface area contributed by atoms with Gasteiger partial charge >= 0.3 is 7.60 Å². The molecule has 1 aromatic carbocycles. The van der Waals surface area contributed by atoms with Crippen molar-refractivity contribution in [3.05, 3.63) is 48.7 Å². The molecule has 0 amide bonds. The van der Waals surface area contributed by atoms with Gasteiger partial charge in [0.05, 0.1) is 12.4 Å². The van der Waals surface area contributed by atoms with Crippen molar-refractivity contribution in [1.29, 1.82) is 0 Å². The quantitative estimate of drug-likeness (QED) is 0.714. The van der Waals surface area contributed by atoms with Crippen LogP contribution in [0, 0.1) is 0 Å². The van der Waals surface area contributed by atoms with Gasteiger partial charge in [-0.3, -0.25) is 4.57 Å². The molecular formula is C12H15N2O4P. The molecule has 0 spiro atoms. The number of pyridine rings is 1. The smallest absolute Gasteiger partial charge is 0.356 e. The van der Waals surface area contributed by atoms with Gasteiger partial charge in [-0.25, -0.2) is 4.98 Å². The first kappa shape index (κ1) is 15.2. The molecule has 4 N–H and O–H groups in total. The van der Waals surface area contributed by atoms with Gasteiger partial charge in [-0.1, -0.05) is 6.07 Å². The van der Waals surface area contributed by atoms with Crippen molar-refractivity contribution < 1.29 is 19.1 Å². The van der Waals surface area contributed by atoms with Gasteiger partial charge < -0.3 is 20.3 Å². The number of nitrogens with two attached hydrogens (primary N) is 1. The van der Waals surface area contributed by atoms with Gasteiger partial charge in [0, 0.05) is 6.20 Å². The zero-order valence-electron chi connectivity index (χ0n) is 10.3. The van der Waals surface area contributed by atoms with E-state index in [1.165, 1.54) is 31.4 Å². The van der Waals surface area contributed by atoms with E-state index in [2.05, 4.69) is 4.98 Å². The minimum atomic E-state index is -4.10. The molecule has 6 nitrogen and oxygen atoms in total. The Morgan fingerprint density at radius 2 is 1.79 bits per heavy atom. The summed E-state index contributed by atoms with van der Waals surface area (Å²) >= 11 is 0. The fraction of sp³-hybridized carbons (Fsp3) is 0.0833. The molecule has 0 aliphatic heterocycles. The molecule has 0 atom stereocenters. The van der Waals surface area contributed by atoms with Crippen LogP contribution in [0.3, 0.4) is 0 Å². The summed E-state index contributed by atoms with van der Waals surface area (Å²) in [6.45, 7) is 0. The minimum absolute atomic E-state index is 0.00306. The third-order valence-electron chi connectivity index (χ3n) is 2.10. The lowest BCUT2D eigenvalue weighted by atomic mass is 10.3. The second-order valence-corrected chi connectivity index (χ2v) is 5.10. The van der Waals surface area contributed by atoms with Crippen LogP contribution in [-0.4, -0.2) is 21.9 Å². The Bertz CT molecular complexity index is 539. The summed E-state index contributed by atoms with van der Waals surface area (Å²) in [6.07, 6.45) is 1.66. The van der Waals surface area contributed by atoms with Gasteiger partial charge in [-0.05, 0) is 36.4 Å². The average Bonchev–Trinajstić information content (AvgIpc) is 2.39. The Morgan fingerprint density at radius 3 is 2.11 bits per heavy atom. The highest BCUT2D eigenvalue weighted by molar-refractivity contribution is 7.60. The van der Waals surface area contributed by atoms with E-state index in [-0.39, 0.29) is 5.30 Å². The van der Waals surface area contributed by atoms with Crippen LogP contribution in [0.5, 0.6) is 5.75 Å². The molecule has 2 aromatic rings. The summed E-state index contributed by atoms with van der Waals surface area (Å²) in [7, 11) is -2.61. The highest BCUT2D eigenvalue weighted by atomic mass is 31.2. The number of anilines is 1. The highest BCUT2D eigenvalue weighted by Gasteiger charge is 2.15. The fourth-order valence-electron chi connectivity index (χ4n) is 1.15. The number of hydrogen-bond donors (Lipinski definition) is 3. The number of methoxy groups -OCH3 is 1. The Hall–Kier alpha value is -1.88. The Morgan fingerprint density at radius 1 is 1.16 bits per heavy atom. The maximum atomic E-state index is 10.7. The van der Waals surface area contributed by atoms with E-state index >= 15 is 0 Å². The molecule has 2 rings (SSSR count). The summed E-state index contributed by atoms with van der Waals surface area (Å²) < 4.78 is 15.5. The second-order valence-electron chi connectivity index (χ2n) is 3.50. The molecular weight excluding hydrogens is 267 g/mol. The van der Waals surface area contributed by atoms with Crippen LogP contribution in [0.1, 0.15) is 0 Å². The number of rotatable bonds is 2. The largest absolute Gasteiger partial charge is 0.497 e. The van der Waals surface area contributed by atoms with Crippen LogP contribution in [-0.2, 0) is 4.57 Å². The van der Waals surface area contributed by atoms with E-state index < -0.39 is 7.60 Å². The van der Waals surface area contributed by atoms with Crippen molar-refractivity contribution in [3.8, 4) is 5.75 Å². The first-order chi connectivity index (χ1) is 8.93. The Kier molecular flexibility index (Phi) is 5.51. The van der Waals surface area contributed by atoms with Gasteiger partial charge in [0.1, 0.15) is 11.6 Å². The van der Waals surface area contributed by atoms with E-state index in [0.717, 1.165) is 0 Å². The zero-order valence-corrected chi connectivity index (χ0v) is 11.2. The van der Waals surface area contributed by atoms with Crippen molar-refractivity contribution in [2.45, 2.75) is 0 Å². The van der Waals surface area contributed by atoms with Crippen LogP contribution in [0.25, 0.3) is 0 Å². The number of nitrogen functional groups attached to an aromatic ring is 1. The van der Waals surface area contributed by atoms with Gasteiger partial charge in [0.25, 0.3) is 0 Å². The third kappa shape index (κ3) is 5.52. The van der Waals surface area contributed by atoms with Crippen molar-refractivity contribution >= 4 is 18.7 Å². The third-order valence-corrected chi connectivity index (χ3v) is 3.07. The maximum Gasteiger partial charge on any atom is 0.356 e. The number of nitrogens with zero attached hydrogens (tertiary/aromatic N) is 1. The number of hydrogen-bond acceptors (Lipinski definition) is 4. The van der Waals surface area contributed by atoms with Gasteiger partial charge in [-0.2, -0.15) is 0 Å². The molecule has 0 saturated carbocycles. The molecule has 1 aromatic heterocycles. The van der Waals surface area contributed by atoms with Crippen molar-refractivity contribution in [1.82, 2.24) is 4.98 Å². The predicted octanol–water partition coefficient (Wildman–Crippen LogP) is 1.16. The summed E-state index contributed by atoms with van der Waals surface area (Å²) in [5.41, 5.74) is 5.25. The molecule has 7 heteroatoms. The highest BCUT2D eigenvalue weighted by Crippen LogP contribution is 2.33. The second kappa shape index (κ2) is 6.89. The number of benzene rings is 1. The SMILES string of the molecule is COc1ccc(P(=O)(O)O)cc1.Nc1ccccn1. The van der Waals surface area contributed by atoms with E-state index in [9.17, 15) is 4.57 Å². The number of ether oxygens (including phenoxy) is 1. The molecule has 0 bridgehead atoms. The lowest BCUT2D eigenvalue weighted by molar-refractivity contribution is 0.387. The molecule has 0 fully saturated rings. The Balaban J connectivity index is 0.000000218. The van der Waals surface area contributed by atoms with E-state index in [4.69, 9.17) is 20.3 Å². The fourth-order valence-corrected chi connectivity index (χ4v) is 1.69. The lowest BCUT2D eigenvalue weighted by Crippen LogP contribution is -2.02. The summed E-state index contributed by atoms with van der Waals surface area (Å²) in [5.74, 6) is 1.15. The molecule has 102 valence electrons. The van der Waals surface area contributed by atoms with Crippen LogP contribution < -0.4 is 15.8 Å². The molecule has 1 heterocycles. The van der Waals surface area contributed by atoms with Crippen LogP contribution in [0.4, 0.5) is 5.82 Å². The summed E-state index contributed by atoms with van der Waals surface area (Å²) in [4.78, 5) is 21.2. The van der Waals surface area contributed by atoms with Crippen molar-refractivity contribution in [2.24, 2.45) is 0 Å². The topological polar surface area (TPSA) is 106 Å². The standard InChI is InChI=1S/C7H9O4P.C5H6N2/c1-11-6-2-4-7(5-3-6)12(8,9)10;6-5-3-1-2-4-7-5/h2-5H,1H3,(H2,8,9,10);1-4H,(H2,6,7). The van der Waals surface area contributed by atoms with Crippen LogP contribution >= 0.6 is 7.60 Å². The van der Waals surface area contributed by atoms with Gasteiger partial charge in [0.15, 0.2) is 0 Å². The van der Waals surface area contributed by atoms with Crippen LogP contribution in [0.2, 0.25) is 0 Å². The summed E-state index contributed by atoms with van der Waals surface area (Å²) in [5, 5.41) is 0.00306. The lowest BCUT2D eigenvalue weighted by Gasteiger charge is -2.04. The van der Waals surface area contributed by atoms with Gasteiger partial charge in [0.2, 0.25) is 0 Å². The molecule has 19 heavy (non-hydrogen) atoms. The first-order valence-corrected chi connectivity index (χ1v) is 6.91. The zero-order chi connectivity index (χ0) is 14.3. The van der Waals surface area contributed by atoms with Crippen molar-refractivity contribution in [3.63, 3.8) is 0 Å². The first-order valence-electron chi connectivity index (χ1n) is 5.30. The molecule has 0 radical (unpaired) electrons. The maximum absolute atomic E-state index is 10.7. The van der Waals surface area contributed by atoms with Crippen molar-refractivity contribution in [2.75, 3.05) is 12.8 Å². The molecule has 0 unspecified atom stereocenters. The normalized spacial score (nSPS) is 10.3. The number of aromatic nitrogens is 1.